The number of hydrogen-bond acceptors (Lipinski definition) is 14. The lowest BCUT2D eigenvalue weighted by Crippen LogP contribution is -2.55. The third-order valence-corrected chi connectivity index (χ3v) is 7.34. The van der Waals surface area contributed by atoms with E-state index in [2.05, 4.69) is 54.2 Å². The molecule has 19 nitrogen and oxygen atoms in total. The number of carbonyl (C=O) groups is 4. The summed E-state index contributed by atoms with van der Waals surface area (Å²) >= 11 is 4.48. The number of imidazole rings is 1. The highest BCUT2D eigenvalue weighted by Crippen LogP contribution is 2.21. The molecule has 0 aliphatic rings. The van der Waals surface area contributed by atoms with Crippen LogP contribution < -0.4 is 37.8 Å². The fourth-order valence-electron chi connectivity index (χ4n) is 4.66. The molecule has 2 rings (SSSR count). The van der Waals surface area contributed by atoms with Crippen LogP contribution in [0, 0.1) is 18.3 Å². The van der Waals surface area contributed by atoms with Gasteiger partial charge in [-0.25, -0.2) is 19.1 Å². The number of urea groups is 1. The number of hydrogen-bond donors (Lipinski definition) is 5. The van der Waals surface area contributed by atoms with Gasteiger partial charge in [0.1, 0.15) is 24.2 Å². The molecule has 0 aliphatic heterocycles. The molecule has 2 atom stereocenters. The Morgan fingerprint density at radius 1 is 1.02 bits per heavy atom. The third kappa shape index (κ3) is 14.0. The smallest absolute Gasteiger partial charge is 0.338 e. The van der Waals surface area contributed by atoms with Gasteiger partial charge in [-0.15, -0.1) is 6.42 Å². The summed E-state index contributed by atoms with van der Waals surface area (Å²) < 4.78 is 23.5. The summed E-state index contributed by atoms with van der Waals surface area (Å²) in [5.74, 6) is -0.456. The van der Waals surface area contributed by atoms with E-state index in [4.69, 9.17) is 36.8 Å². The molecule has 2 aromatic rings. The normalized spacial score (nSPS) is 12.1. The van der Waals surface area contributed by atoms with Crippen molar-refractivity contribution in [3.63, 3.8) is 0 Å². The standard InChI is InChI=1S/C32H48N10O9S/c1-5-7-13-51-31-39-26(33)25-27(40-31)41(12-6-2)32(47)42(25)29(45)22(9-8-10-36-30(34)46)37-28(44)24(21(3)4)38-23(43)19-50-18-17-49-16-15-48-14-11-35-20-52/h2,21-22,24H,5,7-19H2,1,3-4H3,(H,37,44)(H,38,43)(H2,33,39,40)(H3,34,36,46). The Bertz CT molecular complexity index is 1650. The average molecular weight is 749 g/mol. The Balaban J connectivity index is 2.21. The summed E-state index contributed by atoms with van der Waals surface area (Å²) in [7, 11) is 0. The average Bonchev–Trinajstić information content (AvgIpc) is 3.38. The number of isothiocyanates is 1. The number of aromatic nitrogens is 4. The molecule has 286 valence electrons. The maximum Gasteiger partial charge on any atom is 0.338 e. The second-order valence-electron chi connectivity index (χ2n) is 11.5. The maximum atomic E-state index is 14.1. The Hall–Kier alpha value is -4.93. The molecule has 20 heteroatoms. The summed E-state index contributed by atoms with van der Waals surface area (Å²) in [4.78, 5) is 77.5. The van der Waals surface area contributed by atoms with Gasteiger partial charge in [-0.2, -0.15) is 9.97 Å². The number of primary amides is 1. The zero-order valence-electron chi connectivity index (χ0n) is 29.7. The van der Waals surface area contributed by atoms with Crippen LogP contribution in [-0.2, 0) is 30.3 Å². The van der Waals surface area contributed by atoms with E-state index < -0.39 is 47.4 Å². The first-order valence-electron chi connectivity index (χ1n) is 16.8. The van der Waals surface area contributed by atoms with E-state index in [1.807, 2.05) is 6.92 Å². The number of nitrogens with zero attached hydrogens (tertiary/aromatic N) is 5. The number of fused-ring (bicyclic) bond motifs is 1. The van der Waals surface area contributed by atoms with Crippen molar-refractivity contribution in [2.75, 3.05) is 65.1 Å². The van der Waals surface area contributed by atoms with E-state index in [-0.39, 0.29) is 68.7 Å². The lowest BCUT2D eigenvalue weighted by Gasteiger charge is -2.25. The van der Waals surface area contributed by atoms with Crippen molar-refractivity contribution in [3.05, 3.63) is 10.5 Å². The molecule has 0 bridgehead atoms. The monoisotopic (exact) mass is 748 g/mol. The largest absolute Gasteiger partial charge is 0.463 e. The summed E-state index contributed by atoms with van der Waals surface area (Å²) in [5.41, 5.74) is 10.4. The number of nitrogens with two attached hydrogens (primary N) is 2. The molecule has 0 saturated carbocycles. The number of anilines is 1. The molecule has 2 unspecified atom stereocenters. The van der Waals surface area contributed by atoms with Gasteiger partial charge in [-0.1, -0.05) is 33.1 Å². The van der Waals surface area contributed by atoms with Crippen LogP contribution in [-0.4, -0.2) is 119 Å². The summed E-state index contributed by atoms with van der Waals surface area (Å²) in [6, 6.07) is -3.31. The van der Waals surface area contributed by atoms with Crippen molar-refractivity contribution in [2.24, 2.45) is 16.6 Å². The Morgan fingerprint density at radius 2 is 1.71 bits per heavy atom. The summed E-state index contributed by atoms with van der Waals surface area (Å²) in [6.45, 7) is 6.91. The number of carbonyl (C=O) groups excluding carboxylic acids is 4. The SMILES string of the molecule is C#CCn1c(=O)n(C(=O)C(CCCNC(N)=O)NC(=O)C(NC(=O)COCCOCCOCCN=C=S)C(C)C)c2c(N)nc(OCCCC)nc21. The molecular weight excluding hydrogens is 700 g/mol. The van der Waals surface area contributed by atoms with Crippen molar-refractivity contribution >= 4 is 58.1 Å². The maximum absolute atomic E-state index is 14.1. The number of aliphatic imine (C=N–C) groups is 1. The van der Waals surface area contributed by atoms with E-state index in [9.17, 15) is 24.0 Å². The van der Waals surface area contributed by atoms with Crippen molar-refractivity contribution in [1.29, 1.82) is 0 Å². The molecule has 0 spiro atoms. The molecule has 0 aromatic carbocycles. The number of unbranched alkanes of at least 4 members (excludes halogenated alkanes) is 1. The zero-order valence-corrected chi connectivity index (χ0v) is 30.5. The number of ether oxygens (including phenoxy) is 4. The van der Waals surface area contributed by atoms with Crippen LogP contribution >= 0.6 is 12.2 Å². The lowest BCUT2D eigenvalue weighted by atomic mass is 10.0. The number of nitrogen functional groups attached to an aromatic ring is 1. The fraction of sp³-hybridized carbons (Fsp3) is 0.625. The molecule has 2 aromatic heterocycles. The number of terminal acetylenes is 1. The third-order valence-electron chi connectivity index (χ3n) is 7.21. The number of nitrogens with one attached hydrogen (secondary N) is 3. The molecule has 52 heavy (non-hydrogen) atoms. The van der Waals surface area contributed by atoms with Crippen LogP contribution in [0.1, 0.15) is 51.2 Å². The Kier molecular flexibility index (Phi) is 19.6. The zero-order chi connectivity index (χ0) is 38.5. The molecule has 0 aliphatic carbocycles. The second kappa shape index (κ2) is 23.5. The minimum Gasteiger partial charge on any atom is -0.463 e. The van der Waals surface area contributed by atoms with Crippen molar-refractivity contribution in [3.8, 4) is 18.4 Å². The second-order valence-corrected chi connectivity index (χ2v) is 11.7. The van der Waals surface area contributed by atoms with E-state index in [0.717, 1.165) is 15.6 Å². The van der Waals surface area contributed by atoms with Gasteiger partial charge in [0.2, 0.25) is 11.8 Å². The van der Waals surface area contributed by atoms with Gasteiger partial charge in [0.25, 0.3) is 5.91 Å². The lowest BCUT2D eigenvalue weighted by molar-refractivity contribution is -0.133. The molecule has 0 fully saturated rings. The van der Waals surface area contributed by atoms with Gasteiger partial charge >= 0.3 is 17.7 Å². The molecule has 4 amide bonds. The van der Waals surface area contributed by atoms with Crippen LogP contribution in [0.5, 0.6) is 6.01 Å². The predicted octanol–water partition coefficient (Wildman–Crippen LogP) is -0.146. The first kappa shape index (κ1) is 43.2. The van der Waals surface area contributed by atoms with Crippen molar-refractivity contribution in [2.45, 2.75) is 65.1 Å². The van der Waals surface area contributed by atoms with Gasteiger partial charge in [0, 0.05) is 6.54 Å². The summed E-state index contributed by atoms with van der Waals surface area (Å²) in [6.07, 6.45) is 7.20. The van der Waals surface area contributed by atoms with Crippen LogP contribution in [0.4, 0.5) is 10.6 Å². The fourth-order valence-corrected chi connectivity index (χ4v) is 4.75. The van der Waals surface area contributed by atoms with E-state index in [1.54, 1.807) is 13.8 Å². The van der Waals surface area contributed by atoms with Gasteiger partial charge in [0.15, 0.2) is 11.5 Å². The van der Waals surface area contributed by atoms with E-state index in [1.165, 1.54) is 0 Å². The first-order chi connectivity index (χ1) is 25.0. The quantitative estimate of drug-likeness (QED) is 0.0384. The Labute approximate surface area is 306 Å². The number of amides is 4. The highest BCUT2D eigenvalue weighted by molar-refractivity contribution is 7.78. The number of rotatable bonds is 25. The molecular formula is C32H48N10O9S. The van der Waals surface area contributed by atoms with Gasteiger partial charge in [-0.05, 0) is 37.4 Å². The molecule has 2 heterocycles. The van der Waals surface area contributed by atoms with Crippen LogP contribution in [0.25, 0.3) is 11.2 Å². The van der Waals surface area contributed by atoms with Crippen LogP contribution in [0.3, 0.4) is 0 Å². The summed E-state index contributed by atoms with van der Waals surface area (Å²) in [5, 5.41) is 9.94. The van der Waals surface area contributed by atoms with Crippen molar-refractivity contribution < 1.29 is 38.1 Å². The van der Waals surface area contributed by atoms with Gasteiger partial charge < -0.3 is 46.4 Å². The molecule has 0 saturated heterocycles. The highest BCUT2D eigenvalue weighted by atomic mass is 32.1. The molecule has 7 N–H and O–H groups in total. The highest BCUT2D eigenvalue weighted by Gasteiger charge is 2.32. The minimum atomic E-state index is -1.34. The van der Waals surface area contributed by atoms with Crippen LogP contribution in [0.15, 0.2) is 9.79 Å². The Morgan fingerprint density at radius 3 is 2.35 bits per heavy atom. The minimum absolute atomic E-state index is 0.0325. The first-order valence-corrected chi connectivity index (χ1v) is 17.2. The van der Waals surface area contributed by atoms with Crippen LogP contribution in [0.2, 0.25) is 0 Å². The van der Waals surface area contributed by atoms with E-state index in [0.29, 0.717) is 39.4 Å². The van der Waals surface area contributed by atoms with Crippen molar-refractivity contribution in [1.82, 2.24) is 35.1 Å². The van der Waals surface area contributed by atoms with Gasteiger partial charge in [0.05, 0.1) is 57.9 Å². The van der Waals surface area contributed by atoms with Gasteiger partial charge in [-0.3, -0.25) is 19.0 Å². The van der Waals surface area contributed by atoms with E-state index >= 15 is 0 Å². The topological polar surface area (TPSA) is 258 Å². The molecule has 0 radical (unpaired) electrons. The number of thiocarbonyl (C=S) groups is 1. The predicted molar refractivity (Wildman–Crippen MR) is 194 cm³/mol.